The Morgan fingerprint density at radius 2 is 1.64 bits per heavy atom. The predicted molar refractivity (Wildman–Crippen MR) is 96.8 cm³/mol. The Hall–Kier alpha value is -2.08. The monoisotopic (exact) mass is 399 g/mol. The molecule has 0 aliphatic carbocycles. The van der Waals surface area contributed by atoms with E-state index in [1.54, 1.807) is 0 Å². The lowest BCUT2D eigenvalue weighted by atomic mass is 10.1. The molecule has 25 heavy (non-hydrogen) atoms. The normalized spacial score (nSPS) is 11.5. The Bertz CT molecular complexity index is 798. The number of aldehydes is 1. The molecule has 8 heteroatoms. The highest BCUT2D eigenvalue weighted by atomic mass is 35.5. The first-order valence-electron chi connectivity index (χ1n) is 7.03. The molecule has 0 aromatic heterocycles. The van der Waals surface area contributed by atoms with E-state index >= 15 is 0 Å². The van der Waals surface area contributed by atoms with Gasteiger partial charge in [0.1, 0.15) is 6.29 Å². The van der Waals surface area contributed by atoms with Crippen LogP contribution >= 0.6 is 34.8 Å². The van der Waals surface area contributed by atoms with Gasteiger partial charge in [-0.15, -0.1) is 0 Å². The minimum Gasteiger partial charge on any atom is -0.449 e. The number of amides is 1. The number of benzene rings is 2. The van der Waals surface area contributed by atoms with Crippen LogP contribution < -0.4 is 5.32 Å². The zero-order valence-electron chi connectivity index (χ0n) is 12.9. The van der Waals surface area contributed by atoms with E-state index in [2.05, 4.69) is 5.32 Å². The van der Waals surface area contributed by atoms with Crippen molar-refractivity contribution in [3.05, 3.63) is 62.6 Å². The van der Waals surface area contributed by atoms with E-state index in [9.17, 15) is 14.4 Å². The van der Waals surface area contributed by atoms with Gasteiger partial charge < -0.3 is 10.1 Å². The molecule has 0 unspecified atom stereocenters. The summed E-state index contributed by atoms with van der Waals surface area (Å²) in [5.74, 6) is -1.31. The summed E-state index contributed by atoms with van der Waals surface area (Å²) in [5.41, 5.74) is 0.818. The quantitative estimate of drug-likeness (QED) is 0.586. The van der Waals surface area contributed by atoms with Crippen molar-refractivity contribution in [1.29, 1.82) is 0 Å². The predicted octanol–water partition coefficient (Wildman–Crippen LogP) is 4.64. The van der Waals surface area contributed by atoms with Crippen molar-refractivity contribution in [1.82, 2.24) is 0 Å². The second-order valence-electron chi connectivity index (χ2n) is 5.02. The number of carbonyl (C=O) groups is 3. The topological polar surface area (TPSA) is 72.5 Å². The van der Waals surface area contributed by atoms with E-state index in [1.807, 2.05) is 0 Å². The van der Waals surface area contributed by atoms with Gasteiger partial charge >= 0.3 is 5.97 Å². The molecule has 0 aliphatic rings. The SMILES string of the molecule is C[C@H](OC(=O)c1ccc(C=O)cc1)C(=O)Nc1c(Cl)cc(Cl)cc1Cl. The van der Waals surface area contributed by atoms with E-state index in [0.29, 0.717) is 16.9 Å². The highest BCUT2D eigenvalue weighted by Gasteiger charge is 2.21. The van der Waals surface area contributed by atoms with Crippen LogP contribution in [0, 0.1) is 0 Å². The molecular weight excluding hydrogens is 389 g/mol. The standard InChI is InChI=1S/C17H12Cl3NO4/c1-9(25-17(24)11-4-2-10(8-22)3-5-11)16(23)21-15-13(19)6-12(18)7-14(15)20/h2-9H,1H3,(H,21,23)/t9-/m0/s1. The summed E-state index contributed by atoms with van der Waals surface area (Å²) in [6.45, 7) is 1.41. The molecule has 0 radical (unpaired) electrons. The average molecular weight is 401 g/mol. The Morgan fingerprint density at radius 1 is 1.08 bits per heavy atom. The smallest absolute Gasteiger partial charge is 0.338 e. The number of esters is 1. The van der Waals surface area contributed by atoms with Crippen LogP contribution in [0.15, 0.2) is 36.4 Å². The van der Waals surface area contributed by atoms with Crippen molar-refractivity contribution in [2.45, 2.75) is 13.0 Å². The van der Waals surface area contributed by atoms with Gasteiger partial charge in [-0.1, -0.05) is 46.9 Å². The molecule has 2 aromatic rings. The lowest BCUT2D eigenvalue weighted by Gasteiger charge is -2.15. The van der Waals surface area contributed by atoms with Crippen LogP contribution in [0.3, 0.4) is 0 Å². The fraction of sp³-hybridized carbons (Fsp3) is 0.118. The van der Waals surface area contributed by atoms with Crippen LogP contribution in [0.1, 0.15) is 27.6 Å². The van der Waals surface area contributed by atoms with Gasteiger partial charge in [0.05, 0.1) is 21.3 Å². The molecule has 0 spiro atoms. The van der Waals surface area contributed by atoms with Crippen LogP contribution in [0.5, 0.6) is 0 Å². The first-order chi connectivity index (χ1) is 11.8. The summed E-state index contributed by atoms with van der Waals surface area (Å²) < 4.78 is 5.10. The Kier molecular flexibility index (Phi) is 6.42. The van der Waals surface area contributed by atoms with Crippen LogP contribution in [-0.2, 0) is 9.53 Å². The number of ether oxygens (including phenoxy) is 1. The fourth-order valence-electron chi connectivity index (χ4n) is 1.87. The summed E-state index contributed by atoms with van der Waals surface area (Å²) in [6.07, 6.45) is -0.439. The largest absolute Gasteiger partial charge is 0.449 e. The van der Waals surface area contributed by atoms with E-state index in [4.69, 9.17) is 39.5 Å². The second-order valence-corrected chi connectivity index (χ2v) is 6.27. The first-order valence-corrected chi connectivity index (χ1v) is 8.17. The van der Waals surface area contributed by atoms with Crippen molar-refractivity contribution in [3.8, 4) is 0 Å². The summed E-state index contributed by atoms with van der Waals surface area (Å²) >= 11 is 17.8. The van der Waals surface area contributed by atoms with Gasteiger partial charge in [0.2, 0.25) is 0 Å². The lowest BCUT2D eigenvalue weighted by molar-refractivity contribution is -0.123. The maximum absolute atomic E-state index is 12.2. The minimum absolute atomic E-state index is 0.161. The molecular formula is C17H12Cl3NO4. The lowest BCUT2D eigenvalue weighted by Crippen LogP contribution is -2.30. The molecule has 2 rings (SSSR count). The number of hydrogen-bond donors (Lipinski definition) is 1. The number of carbonyl (C=O) groups excluding carboxylic acids is 3. The third kappa shape index (κ3) is 4.95. The van der Waals surface area contributed by atoms with E-state index < -0.39 is 18.0 Å². The van der Waals surface area contributed by atoms with E-state index in [1.165, 1.54) is 43.3 Å². The highest BCUT2D eigenvalue weighted by molar-refractivity contribution is 6.42. The molecule has 130 valence electrons. The van der Waals surface area contributed by atoms with Gasteiger partial charge in [-0.2, -0.15) is 0 Å². The van der Waals surface area contributed by atoms with E-state index in [-0.39, 0.29) is 21.3 Å². The minimum atomic E-state index is -1.10. The Balaban J connectivity index is 2.04. The summed E-state index contributed by atoms with van der Waals surface area (Å²) in [4.78, 5) is 34.8. The Labute approximate surface area is 158 Å². The highest BCUT2D eigenvalue weighted by Crippen LogP contribution is 2.33. The summed E-state index contributed by atoms with van der Waals surface area (Å²) in [6, 6.07) is 8.67. The summed E-state index contributed by atoms with van der Waals surface area (Å²) in [5, 5.41) is 3.14. The third-order valence-electron chi connectivity index (χ3n) is 3.19. The molecule has 2 aromatic carbocycles. The first kappa shape index (κ1) is 19.2. The van der Waals surface area contributed by atoms with Gasteiger partial charge in [-0.3, -0.25) is 9.59 Å². The average Bonchev–Trinajstić information content (AvgIpc) is 2.57. The van der Waals surface area contributed by atoms with Crippen LogP contribution in [0.2, 0.25) is 15.1 Å². The number of hydrogen-bond acceptors (Lipinski definition) is 4. The number of rotatable bonds is 5. The van der Waals surface area contributed by atoms with Gasteiger partial charge in [0.15, 0.2) is 6.10 Å². The van der Waals surface area contributed by atoms with Crippen LogP contribution in [0.25, 0.3) is 0 Å². The molecule has 0 fully saturated rings. The molecule has 0 aliphatic heterocycles. The van der Waals surface area contributed by atoms with Crippen LogP contribution in [-0.4, -0.2) is 24.3 Å². The van der Waals surface area contributed by atoms with Gasteiger partial charge in [-0.25, -0.2) is 4.79 Å². The number of nitrogens with one attached hydrogen (secondary N) is 1. The zero-order valence-corrected chi connectivity index (χ0v) is 15.2. The van der Waals surface area contributed by atoms with E-state index in [0.717, 1.165) is 0 Å². The molecule has 1 atom stereocenters. The molecule has 1 N–H and O–H groups in total. The maximum Gasteiger partial charge on any atom is 0.338 e. The molecule has 0 bridgehead atoms. The molecule has 5 nitrogen and oxygen atoms in total. The molecule has 0 saturated heterocycles. The van der Waals surface area contributed by atoms with Gasteiger partial charge in [-0.05, 0) is 31.2 Å². The van der Waals surface area contributed by atoms with Gasteiger partial charge in [0, 0.05) is 10.6 Å². The number of anilines is 1. The molecule has 0 saturated carbocycles. The molecule has 0 heterocycles. The fourth-order valence-corrected chi connectivity index (χ4v) is 2.78. The number of halogens is 3. The van der Waals surface area contributed by atoms with Crippen molar-refractivity contribution in [2.75, 3.05) is 5.32 Å². The Morgan fingerprint density at radius 3 is 2.16 bits per heavy atom. The molecule has 1 amide bonds. The van der Waals surface area contributed by atoms with Crippen LogP contribution in [0.4, 0.5) is 5.69 Å². The third-order valence-corrected chi connectivity index (χ3v) is 4.00. The summed E-state index contributed by atoms with van der Waals surface area (Å²) in [7, 11) is 0. The van der Waals surface area contributed by atoms with Gasteiger partial charge in [0.25, 0.3) is 5.91 Å². The second kappa shape index (κ2) is 8.34. The van der Waals surface area contributed by atoms with Crippen molar-refractivity contribution >= 4 is 58.7 Å². The zero-order chi connectivity index (χ0) is 18.6. The van der Waals surface area contributed by atoms with Crippen molar-refractivity contribution in [2.24, 2.45) is 0 Å². The van der Waals surface area contributed by atoms with Crippen molar-refractivity contribution in [3.63, 3.8) is 0 Å². The van der Waals surface area contributed by atoms with Crippen molar-refractivity contribution < 1.29 is 19.1 Å². The maximum atomic E-state index is 12.2.